The summed E-state index contributed by atoms with van der Waals surface area (Å²) in [7, 11) is -3.73. The molecule has 0 radical (unpaired) electrons. The maximum atomic E-state index is 11.4. The van der Waals surface area contributed by atoms with E-state index in [4.69, 9.17) is 0 Å². The Kier molecular flexibility index (Phi) is 4.02. The van der Waals surface area contributed by atoms with Gasteiger partial charge in [0.1, 0.15) is 4.90 Å². The van der Waals surface area contributed by atoms with Gasteiger partial charge in [0.25, 0.3) is 5.69 Å². The van der Waals surface area contributed by atoms with Gasteiger partial charge in [-0.3, -0.25) is 10.1 Å². The first kappa shape index (κ1) is 14.1. The topological polar surface area (TPSA) is 104 Å². The van der Waals surface area contributed by atoms with Gasteiger partial charge >= 0.3 is 5.97 Å². The molecule has 0 aliphatic carbocycles. The second kappa shape index (κ2) is 5.13. The Bertz CT molecular complexity index is 592. The maximum absolute atomic E-state index is 11.4. The van der Waals surface area contributed by atoms with Crippen molar-refractivity contribution < 1.29 is 22.9 Å². The van der Waals surface area contributed by atoms with E-state index < -0.39 is 31.3 Å². The van der Waals surface area contributed by atoms with Crippen molar-refractivity contribution in [3.05, 3.63) is 33.9 Å². The van der Waals surface area contributed by atoms with E-state index in [1.165, 1.54) is 6.07 Å². The summed E-state index contributed by atoms with van der Waals surface area (Å²) in [5, 5.41) is 10.8. The molecular formula is C10H11NO6S. The van der Waals surface area contributed by atoms with Crippen molar-refractivity contribution in [1.82, 2.24) is 0 Å². The van der Waals surface area contributed by atoms with Crippen LogP contribution in [0.1, 0.15) is 17.3 Å². The predicted octanol–water partition coefficient (Wildman–Crippen LogP) is 1.18. The summed E-state index contributed by atoms with van der Waals surface area (Å²) in [6.45, 7) is 1.72. The Morgan fingerprint density at radius 2 is 2.06 bits per heavy atom. The van der Waals surface area contributed by atoms with Gasteiger partial charge in [-0.15, -0.1) is 0 Å². The zero-order chi connectivity index (χ0) is 13.9. The molecule has 0 saturated heterocycles. The summed E-state index contributed by atoms with van der Waals surface area (Å²) >= 11 is 0. The van der Waals surface area contributed by atoms with Gasteiger partial charge in [-0.25, -0.2) is 13.2 Å². The maximum Gasteiger partial charge on any atom is 0.338 e. The van der Waals surface area contributed by atoms with E-state index in [1.54, 1.807) is 6.92 Å². The quantitative estimate of drug-likeness (QED) is 0.463. The minimum absolute atomic E-state index is 0.0593. The van der Waals surface area contributed by atoms with Crippen LogP contribution < -0.4 is 0 Å². The van der Waals surface area contributed by atoms with Crippen LogP contribution in [0.25, 0.3) is 0 Å². The van der Waals surface area contributed by atoms with Crippen LogP contribution in [0.5, 0.6) is 0 Å². The van der Waals surface area contributed by atoms with E-state index in [9.17, 15) is 23.3 Å². The summed E-state index contributed by atoms with van der Waals surface area (Å²) in [5.41, 5.74) is -0.695. The minimum atomic E-state index is -3.73. The third kappa shape index (κ3) is 3.04. The van der Waals surface area contributed by atoms with Crippen LogP contribution in [0, 0.1) is 10.1 Å². The lowest BCUT2D eigenvalue weighted by Crippen LogP contribution is -2.08. The monoisotopic (exact) mass is 273 g/mol. The first-order chi connectivity index (χ1) is 8.27. The van der Waals surface area contributed by atoms with Crippen LogP contribution in [0.4, 0.5) is 5.69 Å². The Hall–Kier alpha value is -1.96. The number of benzene rings is 1. The van der Waals surface area contributed by atoms with Crippen molar-refractivity contribution in [2.24, 2.45) is 0 Å². The Labute approximate surface area is 103 Å². The fraction of sp³-hybridized carbons (Fsp3) is 0.300. The molecule has 18 heavy (non-hydrogen) atoms. The number of sulfone groups is 1. The second-order valence-corrected chi connectivity index (χ2v) is 5.42. The Morgan fingerprint density at radius 3 is 2.50 bits per heavy atom. The van der Waals surface area contributed by atoms with Crippen molar-refractivity contribution in [3.63, 3.8) is 0 Å². The summed E-state index contributed by atoms with van der Waals surface area (Å²) in [4.78, 5) is 20.9. The third-order valence-corrected chi connectivity index (χ3v) is 3.21. The van der Waals surface area contributed by atoms with Crippen LogP contribution in [-0.4, -0.2) is 32.2 Å². The highest BCUT2D eigenvalue weighted by Crippen LogP contribution is 2.25. The number of hydrogen-bond donors (Lipinski definition) is 0. The fourth-order valence-corrected chi connectivity index (χ4v) is 2.14. The number of rotatable bonds is 4. The standard InChI is InChI=1S/C10H11NO6S/c1-3-17-10(12)7-4-5-9(18(2,15)16)8(6-7)11(13)14/h4-6H,3H2,1-2H3. The number of hydrogen-bond acceptors (Lipinski definition) is 6. The lowest BCUT2D eigenvalue weighted by atomic mass is 10.2. The summed E-state index contributed by atoms with van der Waals surface area (Å²) in [5.74, 6) is -0.736. The molecule has 0 aromatic heterocycles. The van der Waals surface area contributed by atoms with Gasteiger partial charge < -0.3 is 4.74 Å². The molecule has 0 amide bonds. The molecule has 0 aliphatic rings. The molecule has 7 nitrogen and oxygen atoms in total. The number of nitro groups is 1. The lowest BCUT2D eigenvalue weighted by Gasteiger charge is -2.04. The molecule has 1 aromatic carbocycles. The molecule has 0 bridgehead atoms. The Balaban J connectivity index is 3.37. The highest BCUT2D eigenvalue weighted by Gasteiger charge is 2.24. The molecule has 98 valence electrons. The molecule has 0 saturated carbocycles. The summed E-state index contributed by atoms with van der Waals surface area (Å²) in [6, 6.07) is 3.11. The highest BCUT2D eigenvalue weighted by atomic mass is 32.2. The van der Waals surface area contributed by atoms with Gasteiger partial charge in [-0.05, 0) is 19.1 Å². The molecule has 0 spiro atoms. The predicted molar refractivity (Wildman–Crippen MR) is 62.2 cm³/mol. The van der Waals surface area contributed by atoms with E-state index in [2.05, 4.69) is 4.74 Å². The van der Waals surface area contributed by atoms with E-state index >= 15 is 0 Å². The molecule has 0 N–H and O–H groups in total. The van der Waals surface area contributed by atoms with Crippen molar-refractivity contribution in [3.8, 4) is 0 Å². The third-order valence-electron chi connectivity index (χ3n) is 2.07. The van der Waals surface area contributed by atoms with Gasteiger partial charge in [0.2, 0.25) is 0 Å². The van der Waals surface area contributed by atoms with Crippen LogP contribution in [-0.2, 0) is 14.6 Å². The van der Waals surface area contributed by atoms with E-state index in [1.807, 2.05) is 0 Å². The number of carbonyl (C=O) groups excluding carboxylic acids is 1. The van der Waals surface area contributed by atoms with Crippen LogP contribution in [0.3, 0.4) is 0 Å². The average Bonchev–Trinajstić information content (AvgIpc) is 2.27. The van der Waals surface area contributed by atoms with Gasteiger partial charge in [-0.2, -0.15) is 0 Å². The molecule has 0 aliphatic heterocycles. The van der Waals surface area contributed by atoms with E-state index in [-0.39, 0.29) is 12.2 Å². The van der Waals surface area contributed by atoms with Crippen LogP contribution in [0.15, 0.2) is 23.1 Å². The van der Waals surface area contributed by atoms with Crippen LogP contribution in [0.2, 0.25) is 0 Å². The first-order valence-corrected chi connectivity index (χ1v) is 6.82. The molecule has 1 rings (SSSR count). The number of esters is 1. The van der Waals surface area contributed by atoms with Crippen molar-refractivity contribution in [2.75, 3.05) is 12.9 Å². The molecule has 0 fully saturated rings. The van der Waals surface area contributed by atoms with Gasteiger partial charge in [0, 0.05) is 12.3 Å². The SMILES string of the molecule is CCOC(=O)c1ccc(S(C)(=O)=O)c([N+](=O)[O-])c1. The minimum Gasteiger partial charge on any atom is -0.462 e. The molecule has 1 aromatic rings. The van der Waals surface area contributed by atoms with Gasteiger partial charge in [-0.1, -0.05) is 0 Å². The van der Waals surface area contributed by atoms with Crippen molar-refractivity contribution >= 4 is 21.5 Å². The summed E-state index contributed by atoms with van der Waals surface area (Å²) in [6.07, 6.45) is 0.860. The van der Waals surface area contributed by atoms with Crippen LogP contribution >= 0.6 is 0 Å². The fourth-order valence-electron chi connectivity index (χ4n) is 1.32. The largest absolute Gasteiger partial charge is 0.462 e. The lowest BCUT2D eigenvalue weighted by molar-refractivity contribution is -0.387. The Morgan fingerprint density at radius 1 is 1.44 bits per heavy atom. The first-order valence-electron chi connectivity index (χ1n) is 4.93. The zero-order valence-electron chi connectivity index (χ0n) is 9.74. The molecule has 0 heterocycles. The highest BCUT2D eigenvalue weighted by molar-refractivity contribution is 7.90. The van der Waals surface area contributed by atoms with E-state index in [0.717, 1.165) is 18.4 Å². The van der Waals surface area contributed by atoms with Gasteiger partial charge in [0.15, 0.2) is 9.84 Å². The number of ether oxygens (including phenoxy) is 1. The van der Waals surface area contributed by atoms with Crippen molar-refractivity contribution in [1.29, 1.82) is 0 Å². The van der Waals surface area contributed by atoms with E-state index in [0.29, 0.717) is 0 Å². The number of nitro benzene ring substituents is 1. The molecule has 8 heteroatoms. The smallest absolute Gasteiger partial charge is 0.338 e. The second-order valence-electron chi connectivity index (χ2n) is 3.43. The average molecular weight is 273 g/mol. The number of carbonyl (C=O) groups is 1. The normalized spacial score (nSPS) is 11.0. The number of nitrogens with zero attached hydrogens (tertiary/aromatic N) is 1. The molecule has 0 atom stereocenters. The summed E-state index contributed by atoms with van der Waals surface area (Å²) < 4.78 is 27.4. The van der Waals surface area contributed by atoms with Crippen molar-refractivity contribution in [2.45, 2.75) is 11.8 Å². The zero-order valence-corrected chi connectivity index (χ0v) is 10.6. The molecule has 0 unspecified atom stereocenters. The van der Waals surface area contributed by atoms with Gasteiger partial charge in [0.05, 0.1) is 17.1 Å². The molecular weight excluding hydrogens is 262 g/mol.